The monoisotopic (exact) mass is 543 g/mol. The fourth-order valence-corrected chi connectivity index (χ4v) is 5.87. The Balaban J connectivity index is 0.00000216. The summed E-state index contributed by atoms with van der Waals surface area (Å²) in [6.45, 7) is 2.49. The third-order valence-corrected chi connectivity index (χ3v) is 7.96. The third-order valence-electron chi connectivity index (χ3n) is 6.89. The number of carbonyl (C=O) groups excluding carboxylic acids is 2. The summed E-state index contributed by atoms with van der Waals surface area (Å²) in [4.78, 5) is 31.3. The fraction of sp³-hybridized carbons (Fsp3) is 0.625. The largest absolute Gasteiger partial charge is 0.469 e. The molecular weight excluding hydrogens is 509 g/mol. The molecular formula is C24H35Cl2N5O3S. The molecule has 0 spiro atoms. The van der Waals surface area contributed by atoms with Crippen LogP contribution in [0.15, 0.2) is 24.5 Å². The minimum atomic E-state index is -0.147. The summed E-state index contributed by atoms with van der Waals surface area (Å²) in [6, 6.07) is 4.07. The van der Waals surface area contributed by atoms with E-state index in [1.165, 1.54) is 18.4 Å². The third kappa shape index (κ3) is 8.10. The summed E-state index contributed by atoms with van der Waals surface area (Å²) in [5, 5.41) is 13.5. The zero-order valence-corrected chi connectivity index (χ0v) is 22.5. The lowest BCUT2D eigenvalue weighted by Gasteiger charge is -2.36. The van der Waals surface area contributed by atoms with Crippen molar-refractivity contribution in [1.29, 1.82) is 0 Å². The lowest BCUT2D eigenvalue weighted by molar-refractivity contribution is -0.141. The number of nitrogens with one attached hydrogen (secondary N) is 1. The average Bonchev–Trinajstić information content (AvgIpc) is 3.37. The van der Waals surface area contributed by atoms with Crippen molar-refractivity contribution in [3.63, 3.8) is 0 Å². The lowest BCUT2D eigenvalue weighted by Crippen LogP contribution is -2.42. The summed E-state index contributed by atoms with van der Waals surface area (Å²) < 4.78 is 4.78. The maximum absolute atomic E-state index is 13.6. The summed E-state index contributed by atoms with van der Waals surface area (Å²) in [6.07, 6.45) is 10.8. The molecule has 1 amide bonds. The van der Waals surface area contributed by atoms with E-state index in [0.29, 0.717) is 29.8 Å². The standard InChI is InChI=1S/C24H33N5O3S.2ClH/c1-32-21(30)9-6-17-4-7-20(8-5-17)29(16-18-3-2-12-26-15-18)24(31)23-28-27-22(33-23)19-10-13-25-14-11-19;;/h2-3,12,15,17,19-20,25H,4-11,13-14,16H2,1H3;2*1H/t17-,20-;;. The molecule has 2 fully saturated rings. The van der Waals surface area contributed by atoms with Gasteiger partial charge in [-0.15, -0.1) is 35.0 Å². The second-order valence-corrected chi connectivity index (χ2v) is 10.1. The molecule has 4 rings (SSSR count). The smallest absolute Gasteiger partial charge is 0.305 e. The summed E-state index contributed by atoms with van der Waals surface area (Å²) >= 11 is 1.46. The number of halogens is 2. The highest BCUT2D eigenvalue weighted by atomic mass is 35.5. The van der Waals surface area contributed by atoms with Crippen LogP contribution in [0.25, 0.3) is 0 Å². The molecule has 2 aromatic heterocycles. The molecule has 1 aliphatic heterocycles. The van der Waals surface area contributed by atoms with Crippen LogP contribution in [0.1, 0.15) is 77.7 Å². The molecule has 35 heavy (non-hydrogen) atoms. The Hall–Kier alpha value is -1.81. The van der Waals surface area contributed by atoms with Gasteiger partial charge >= 0.3 is 5.97 Å². The van der Waals surface area contributed by atoms with Gasteiger partial charge in [0.2, 0.25) is 5.01 Å². The fourth-order valence-electron chi connectivity index (χ4n) is 4.90. The van der Waals surface area contributed by atoms with Gasteiger partial charge < -0.3 is 15.0 Å². The number of aromatic nitrogens is 3. The van der Waals surface area contributed by atoms with Gasteiger partial charge in [-0.05, 0) is 75.6 Å². The van der Waals surface area contributed by atoms with E-state index in [9.17, 15) is 9.59 Å². The topological polar surface area (TPSA) is 97.3 Å². The second kappa shape index (κ2) is 14.7. The SMILES string of the molecule is COC(=O)CC[C@H]1CC[C@H](N(Cc2cccnc2)C(=O)c2nnc(C3CCNCC3)s2)CC1.Cl.Cl. The number of esters is 1. The predicted molar refractivity (Wildman–Crippen MR) is 140 cm³/mol. The van der Waals surface area contributed by atoms with Crippen molar-refractivity contribution in [3.8, 4) is 0 Å². The van der Waals surface area contributed by atoms with Crippen LogP contribution < -0.4 is 5.32 Å². The lowest BCUT2D eigenvalue weighted by atomic mass is 9.82. The molecule has 0 bridgehead atoms. The zero-order valence-electron chi connectivity index (χ0n) is 20.1. The van der Waals surface area contributed by atoms with E-state index < -0.39 is 0 Å². The van der Waals surface area contributed by atoms with Crippen LogP contribution in [-0.4, -0.2) is 58.2 Å². The van der Waals surface area contributed by atoms with Crippen LogP contribution in [0.4, 0.5) is 0 Å². The van der Waals surface area contributed by atoms with Crippen LogP contribution >= 0.6 is 36.2 Å². The van der Waals surface area contributed by atoms with Gasteiger partial charge in [-0.1, -0.05) is 17.4 Å². The highest BCUT2D eigenvalue weighted by Gasteiger charge is 2.32. The van der Waals surface area contributed by atoms with E-state index in [0.717, 1.165) is 68.6 Å². The minimum Gasteiger partial charge on any atom is -0.469 e. The maximum atomic E-state index is 13.6. The molecule has 1 saturated heterocycles. The molecule has 0 radical (unpaired) electrons. The van der Waals surface area contributed by atoms with Crippen molar-refractivity contribution in [1.82, 2.24) is 25.4 Å². The number of carbonyl (C=O) groups is 2. The Labute approximate surface area is 223 Å². The van der Waals surface area contributed by atoms with E-state index in [1.807, 2.05) is 23.2 Å². The molecule has 11 heteroatoms. The van der Waals surface area contributed by atoms with Crippen molar-refractivity contribution in [2.75, 3.05) is 20.2 Å². The molecule has 3 heterocycles. The first-order valence-corrected chi connectivity index (χ1v) is 12.8. The van der Waals surface area contributed by atoms with E-state index in [-0.39, 0.29) is 42.7 Å². The van der Waals surface area contributed by atoms with Crippen LogP contribution in [-0.2, 0) is 16.1 Å². The quantitative estimate of drug-likeness (QED) is 0.492. The van der Waals surface area contributed by atoms with E-state index >= 15 is 0 Å². The number of nitrogens with zero attached hydrogens (tertiary/aromatic N) is 4. The van der Waals surface area contributed by atoms with Crippen LogP contribution in [0.2, 0.25) is 0 Å². The summed E-state index contributed by atoms with van der Waals surface area (Å²) in [5.41, 5.74) is 1.02. The van der Waals surface area contributed by atoms with Gasteiger partial charge in [0.1, 0.15) is 5.01 Å². The van der Waals surface area contributed by atoms with Gasteiger partial charge in [0.25, 0.3) is 5.91 Å². The number of piperidine rings is 1. The summed E-state index contributed by atoms with van der Waals surface area (Å²) in [7, 11) is 1.44. The zero-order chi connectivity index (χ0) is 23.0. The molecule has 1 N–H and O–H groups in total. The van der Waals surface area contributed by atoms with Crippen LogP contribution in [0.3, 0.4) is 0 Å². The first-order valence-electron chi connectivity index (χ1n) is 11.9. The van der Waals surface area contributed by atoms with Gasteiger partial charge in [0.05, 0.1) is 7.11 Å². The highest BCUT2D eigenvalue weighted by Crippen LogP contribution is 2.33. The first kappa shape index (κ1) is 29.4. The molecule has 2 aromatic rings. The van der Waals surface area contributed by atoms with E-state index in [1.54, 1.807) is 6.20 Å². The molecule has 2 aliphatic rings. The van der Waals surface area contributed by atoms with E-state index in [2.05, 4.69) is 20.5 Å². The maximum Gasteiger partial charge on any atom is 0.305 e. The number of rotatable bonds is 8. The van der Waals surface area contributed by atoms with Crippen molar-refractivity contribution in [2.24, 2.45) is 5.92 Å². The summed E-state index contributed by atoms with van der Waals surface area (Å²) in [5.74, 6) is 0.715. The molecule has 1 aliphatic carbocycles. The minimum absolute atomic E-state index is 0. The van der Waals surface area contributed by atoms with Crippen molar-refractivity contribution in [2.45, 2.75) is 69.9 Å². The van der Waals surface area contributed by atoms with Crippen LogP contribution in [0, 0.1) is 5.92 Å². The Kier molecular flexibility index (Phi) is 12.3. The molecule has 0 unspecified atom stereocenters. The number of amides is 1. The highest BCUT2D eigenvalue weighted by molar-refractivity contribution is 7.13. The second-order valence-electron chi connectivity index (χ2n) is 9.05. The number of methoxy groups -OCH3 is 1. The number of hydrogen-bond acceptors (Lipinski definition) is 8. The Bertz CT molecular complexity index is 919. The molecule has 0 aromatic carbocycles. The van der Waals surface area contributed by atoms with Crippen LogP contribution in [0.5, 0.6) is 0 Å². The molecule has 0 atom stereocenters. The first-order chi connectivity index (χ1) is 16.1. The van der Waals surface area contributed by atoms with E-state index in [4.69, 9.17) is 4.74 Å². The van der Waals surface area contributed by atoms with Gasteiger partial charge in [-0.25, -0.2) is 0 Å². The van der Waals surface area contributed by atoms with Gasteiger partial charge in [-0.3, -0.25) is 14.6 Å². The van der Waals surface area contributed by atoms with Crippen molar-refractivity contribution in [3.05, 3.63) is 40.1 Å². The van der Waals surface area contributed by atoms with Crippen molar-refractivity contribution >= 4 is 48.0 Å². The number of hydrogen-bond donors (Lipinski definition) is 1. The number of ether oxygens (including phenoxy) is 1. The molecule has 1 saturated carbocycles. The van der Waals surface area contributed by atoms with Crippen molar-refractivity contribution < 1.29 is 14.3 Å². The van der Waals surface area contributed by atoms with Gasteiger partial charge in [0.15, 0.2) is 0 Å². The Morgan fingerprint density at radius 2 is 1.86 bits per heavy atom. The predicted octanol–water partition coefficient (Wildman–Crippen LogP) is 4.40. The Morgan fingerprint density at radius 3 is 2.51 bits per heavy atom. The molecule has 8 nitrogen and oxygen atoms in total. The molecule has 194 valence electrons. The number of pyridine rings is 1. The Morgan fingerprint density at radius 1 is 1.11 bits per heavy atom. The average molecular weight is 545 g/mol. The van der Waals surface area contributed by atoms with Gasteiger partial charge in [-0.2, -0.15) is 0 Å². The van der Waals surface area contributed by atoms with Gasteiger partial charge in [0, 0.05) is 37.3 Å². The normalized spacial score (nSPS) is 20.3.